The van der Waals surface area contributed by atoms with E-state index >= 15 is 0 Å². The predicted molar refractivity (Wildman–Crippen MR) is 133 cm³/mol. The van der Waals surface area contributed by atoms with Gasteiger partial charge in [-0.2, -0.15) is 0 Å². The molecular weight excluding hydrogens is 496 g/mol. The quantitative estimate of drug-likeness (QED) is 0.329. The standard InChI is InChI=1S/C27H28N2O9/c1-33-24-16(12-19-25(26(24)34-2)38-14-37-19)21-20(22(30)15-5-6-17-18(11-15)36-13-35-17)23(31)27(32)29(21)10-9-28-7-3-4-8-28/h5-6,11-12,21,30H,3-4,7-10,13-14H2,1-2H3. The first-order chi connectivity index (χ1) is 18.5. The van der Waals surface area contributed by atoms with Gasteiger partial charge in [0.05, 0.1) is 25.8 Å². The van der Waals surface area contributed by atoms with Crippen LogP contribution in [0.3, 0.4) is 0 Å². The van der Waals surface area contributed by atoms with Crippen LogP contribution in [0, 0.1) is 0 Å². The van der Waals surface area contributed by atoms with Gasteiger partial charge in [-0.05, 0) is 50.2 Å². The van der Waals surface area contributed by atoms with Crippen molar-refractivity contribution in [2.45, 2.75) is 18.9 Å². The lowest BCUT2D eigenvalue weighted by Gasteiger charge is -2.29. The molecule has 1 atom stereocenters. The van der Waals surface area contributed by atoms with Crippen LogP contribution in [0.4, 0.5) is 0 Å². The maximum absolute atomic E-state index is 13.5. The van der Waals surface area contributed by atoms with Gasteiger partial charge in [-0.3, -0.25) is 9.59 Å². The molecule has 6 rings (SSSR count). The highest BCUT2D eigenvalue weighted by Crippen LogP contribution is 2.54. The zero-order valence-electron chi connectivity index (χ0n) is 21.2. The van der Waals surface area contributed by atoms with Crippen LogP contribution in [0.5, 0.6) is 34.5 Å². The number of carbonyl (C=O) groups is 2. The lowest BCUT2D eigenvalue weighted by atomic mass is 9.93. The zero-order valence-corrected chi connectivity index (χ0v) is 21.2. The van der Waals surface area contributed by atoms with Gasteiger partial charge in [0.2, 0.25) is 25.1 Å². The molecule has 0 aliphatic carbocycles. The molecule has 0 saturated carbocycles. The Labute approximate surface area is 219 Å². The molecule has 11 heteroatoms. The first-order valence-corrected chi connectivity index (χ1v) is 12.5. The van der Waals surface area contributed by atoms with Gasteiger partial charge in [-0.15, -0.1) is 0 Å². The number of aliphatic hydroxyl groups is 1. The third kappa shape index (κ3) is 3.85. The summed E-state index contributed by atoms with van der Waals surface area (Å²) in [5.74, 6) is 0.498. The van der Waals surface area contributed by atoms with Crippen molar-refractivity contribution in [2.75, 3.05) is 54.0 Å². The Morgan fingerprint density at radius 2 is 1.63 bits per heavy atom. The van der Waals surface area contributed by atoms with Gasteiger partial charge in [0.15, 0.2) is 23.0 Å². The fraction of sp³-hybridized carbons (Fsp3) is 0.407. The molecule has 2 fully saturated rings. The molecule has 4 aliphatic heterocycles. The predicted octanol–water partition coefficient (Wildman–Crippen LogP) is 2.68. The molecule has 4 aliphatic rings. The second-order valence-corrected chi connectivity index (χ2v) is 9.38. The van der Waals surface area contributed by atoms with Crippen molar-refractivity contribution in [3.63, 3.8) is 0 Å². The minimum absolute atomic E-state index is 0.00928. The van der Waals surface area contributed by atoms with Crippen LogP contribution in [0.15, 0.2) is 29.8 Å². The number of hydrogen-bond acceptors (Lipinski definition) is 10. The Hall–Kier alpha value is -4.12. The van der Waals surface area contributed by atoms with Gasteiger partial charge < -0.3 is 43.3 Å². The molecule has 2 aromatic rings. The molecule has 2 aromatic carbocycles. The number of ketones is 1. The van der Waals surface area contributed by atoms with Crippen LogP contribution < -0.4 is 28.4 Å². The second-order valence-electron chi connectivity index (χ2n) is 9.38. The number of hydrogen-bond donors (Lipinski definition) is 1. The number of benzene rings is 2. The monoisotopic (exact) mass is 524 g/mol. The molecule has 4 heterocycles. The highest BCUT2D eigenvalue weighted by atomic mass is 16.7. The summed E-state index contributed by atoms with van der Waals surface area (Å²) in [6, 6.07) is 5.58. The molecular formula is C27H28N2O9. The number of ether oxygens (including phenoxy) is 6. The van der Waals surface area contributed by atoms with Crippen molar-refractivity contribution in [1.82, 2.24) is 9.80 Å². The Kier molecular flexibility index (Phi) is 6.15. The van der Waals surface area contributed by atoms with Crippen LogP contribution in [-0.2, 0) is 9.59 Å². The molecule has 1 amide bonds. The Balaban J connectivity index is 1.51. The highest BCUT2D eigenvalue weighted by Gasteiger charge is 2.48. The lowest BCUT2D eigenvalue weighted by Crippen LogP contribution is -2.37. The van der Waals surface area contributed by atoms with Gasteiger partial charge in [-0.1, -0.05) is 0 Å². The summed E-state index contributed by atoms with van der Waals surface area (Å²) in [4.78, 5) is 30.7. The fourth-order valence-electron chi connectivity index (χ4n) is 5.50. The van der Waals surface area contributed by atoms with Crippen molar-refractivity contribution in [1.29, 1.82) is 0 Å². The van der Waals surface area contributed by atoms with Gasteiger partial charge in [0.1, 0.15) is 5.76 Å². The minimum Gasteiger partial charge on any atom is -0.507 e. The van der Waals surface area contributed by atoms with Crippen molar-refractivity contribution in [3.05, 3.63) is 41.0 Å². The third-order valence-corrected chi connectivity index (χ3v) is 7.35. The van der Waals surface area contributed by atoms with E-state index in [0.29, 0.717) is 40.7 Å². The average molecular weight is 525 g/mol. The van der Waals surface area contributed by atoms with Crippen LogP contribution in [0.25, 0.3) is 5.76 Å². The minimum atomic E-state index is -0.957. The molecule has 38 heavy (non-hydrogen) atoms. The van der Waals surface area contributed by atoms with Crippen molar-refractivity contribution < 1.29 is 43.1 Å². The van der Waals surface area contributed by atoms with Crippen LogP contribution in [0.2, 0.25) is 0 Å². The molecule has 11 nitrogen and oxygen atoms in total. The number of carbonyl (C=O) groups excluding carboxylic acids is 2. The number of nitrogens with zero attached hydrogens (tertiary/aromatic N) is 2. The SMILES string of the molecule is COc1c(C2C(=C(O)c3ccc4c(c3)OCO4)C(=O)C(=O)N2CCN2CCCC2)cc2c(c1OC)OCO2. The first-order valence-electron chi connectivity index (χ1n) is 12.5. The highest BCUT2D eigenvalue weighted by molar-refractivity contribution is 6.46. The van der Waals surface area contributed by atoms with E-state index in [1.165, 1.54) is 19.1 Å². The summed E-state index contributed by atoms with van der Waals surface area (Å²) < 4.78 is 33.4. The Bertz CT molecular complexity index is 1330. The number of fused-ring (bicyclic) bond motifs is 2. The molecule has 0 bridgehead atoms. The summed E-state index contributed by atoms with van der Waals surface area (Å²) in [6.45, 7) is 2.81. The van der Waals surface area contributed by atoms with Crippen molar-refractivity contribution in [3.8, 4) is 34.5 Å². The van der Waals surface area contributed by atoms with E-state index in [0.717, 1.165) is 25.9 Å². The van der Waals surface area contributed by atoms with Crippen molar-refractivity contribution in [2.24, 2.45) is 0 Å². The first kappa shape index (κ1) is 24.2. The van der Waals surface area contributed by atoms with E-state index in [1.807, 2.05) is 0 Å². The Morgan fingerprint density at radius 1 is 0.921 bits per heavy atom. The van der Waals surface area contributed by atoms with E-state index in [9.17, 15) is 14.7 Å². The van der Waals surface area contributed by atoms with E-state index < -0.39 is 17.7 Å². The summed E-state index contributed by atoms with van der Waals surface area (Å²) in [6.07, 6.45) is 2.19. The van der Waals surface area contributed by atoms with Crippen LogP contribution in [-0.4, -0.2) is 80.6 Å². The second kappa shape index (κ2) is 9.64. The van der Waals surface area contributed by atoms with E-state index in [1.54, 1.807) is 24.3 Å². The Morgan fingerprint density at radius 3 is 2.39 bits per heavy atom. The van der Waals surface area contributed by atoms with E-state index in [2.05, 4.69) is 4.90 Å². The van der Waals surface area contributed by atoms with Crippen LogP contribution >= 0.6 is 0 Å². The number of rotatable bonds is 7. The van der Waals surface area contributed by atoms with E-state index in [4.69, 9.17) is 28.4 Å². The van der Waals surface area contributed by atoms with Crippen LogP contribution in [0.1, 0.15) is 30.0 Å². The van der Waals surface area contributed by atoms with Gasteiger partial charge >= 0.3 is 0 Å². The molecule has 1 unspecified atom stereocenters. The molecule has 1 N–H and O–H groups in total. The summed E-state index contributed by atoms with van der Waals surface area (Å²) in [7, 11) is 2.94. The zero-order chi connectivity index (χ0) is 26.4. The number of Topliss-reactive ketones (excluding diaryl/α,β-unsaturated/α-hetero) is 1. The molecule has 2 saturated heterocycles. The van der Waals surface area contributed by atoms with Gasteiger partial charge in [-0.25, -0.2) is 0 Å². The smallest absolute Gasteiger partial charge is 0.295 e. The number of aliphatic hydroxyl groups excluding tert-OH is 1. The number of methoxy groups -OCH3 is 2. The van der Waals surface area contributed by atoms with Gasteiger partial charge in [0, 0.05) is 24.2 Å². The average Bonchev–Trinajstić information content (AvgIpc) is 3.74. The molecule has 0 spiro atoms. The normalized spacial score (nSPS) is 21.4. The molecule has 200 valence electrons. The molecule has 0 radical (unpaired) electrons. The summed E-state index contributed by atoms with van der Waals surface area (Å²) >= 11 is 0. The van der Waals surface area contributed by atoms with E-state index in [-0.39, 0.29) is 43.0 Å². The maximum atomic E-state index is 13.5. The fourth-order valence-corrected chi connectivity index (χ4v) is 5.50. The summed E-state index contributed by atoms with van der Waals surface area (Å²) in [5, 5.41) is 11.5. The summed E-state index contributed by atoms with van der Waals surface area (Å²) in [5.41, 5.74) is 0.703. The largest absolute Gasteiger partial charge is 0.507 e. The molecule has 0 aromatic heterocycles. The topological polar surface area (TPSA) is 116 Å². The number of amides is 1. The maximum Gasteiger partial charge on any atom is 0.295 e. The third-order valence-electron chi connectivity index (χ3n) is 7.35. The number of likely N-dealkylation sites (tertiary alicyclic amines) is 2. The van der Waals surface area contributed by atoms with Crippen molar-refractivity contribution >= 4 is 17.4 Å². The lowest BCUT2D eigenvalue weighted by molar-refractivity contribution is -0.140. The van der Waals surface area contributed by atoms with Gasteiger partial charge in [0.25, 0.3) is 11.7 Å².